The number of aliphatic imine (C=N–C) groups is 1. The van der Waals surface area contributed by atoms with E-state index in [2.05, 4.69) is 10.3 Å². The van der Waals surface area contributed by atoms with Crippen LogP contribution in [0.2, 0.25) is 0 Å². The Morgan fingerprint density at radius 3 is 2.80 bits per heavy atom. The second kappa shape index (κ2) is 5.01. The van der Waals surface area contributed by atoms with Crippen molar-refractivity contribution in [3.05, 3.63) is 47.1 Å². The van der Waals surface area contributed by atoms with Crippen LogP contribution < -0.4 is 5.32 Å². The maximum absolute atomic E-state index is 14.4. The highest BCUT2D eigenvalue weighted by Gasteiger charge is 2.50. The summed E-state index contributed by atoms with van der Waals surface area (Å²) in [6, 6.07) is 0. The van der Waals surface area contributed by atoms with E-state index in [1.165, 1.54) is 31.6 Å². The lowest BCUT2D eigenvalue weighted by molar-refractivity contribution is 0.421. The molecule has 20 heavy (non-hydrogen) atoms. The maximum atomic E-state index is 14.4. The van der Waals surface area contributed by atoms with Gasteiger partial charge in [0.25, 0.3) is 0 Å². The van der Waals surface area contributed by atoms with E-state index >= 15 is 0 Å². The highest BCUT2D eigenvalue weighted by molar-refractivity contribution is 7.96. The molecule has 0 bridgehead atoms. The van der Waals surface area contributed by atoms with Gasteiger partial charge in [-0.3, -0.25) is 4.99 Å². The Labute approximate surface area is 118 Å². The van der Waals surface area contributed by atoms with Crippen LogP contribution in [-0.4, -0.2) is 19.4 Å². The molecule has 0 aromatic rings. The fraction of sp³-hybridized carbons (Fsp3) is 0.357. The van der Waals surface area contributed by atoms with Crippen LogP contribution in [0, 0.1) is 5.92 Å². The minimum Gasteiger partial charge on any atom is -0.351 e. The summed E-state index contributed by atoms with van der Waals surface area (Å²) in [5.74, 6) is -1.12. The van der Waals surface area contributed by atoms with Crippen LogP contribution in [0.4, 0.5) is 4.39 Å². The summed E-state index contributed by atoms with van der Waals surface area (Å²) >= 11 is 0. The molecule has 1 aliphatic heterocycles. The van der Waals surface area contributed by atoms with Gasteiger partial charge in [0.2, 0.25) is 9.84 Å². The molecule has 0 saturated heterocycles. The quantitative estimate of drug-likeness (QED) is 0.852. The Balaban J connectivity index is 2.54. The Bertz CT molecular complexity index is 671. The molecule has 2 atom stereocenters. The number of allylic oxidation sites excluding steroid dienone is 4. The van der Waals surface area contributed by atoms with Crippen LogP contribution in [0.3, 0.4) is 0 Å². The Hall–Kier alpha value is -1.69. The highest BCUT2D eigenvalue weighted by Crippen LogP contribution is 2.42. The van der Waals surface area contributed by atoms with Crippen molar-refractivity contribution in [1.29, 1.82) is 0 Å². The van der Waals surface area contributed by atoms with Crippen molar-refractivity contribution < 1.29 is 12.8 Å². The van der Waals surface area contributed by atoms with Gasteiger partial charge in [-0.25, -0.2) is 12.8 Å². The number of sulfone groups is 1. The monoisotopic (exact) mass is 296 g/mol. The first-order chi connectivity index (χ1) is 9.30. The van der Waals surface area contributed by atoms with Crippen LogP contribution in [-0.2, 0) is 9.84 Å². The van der Waals surface area contributed by atoms with E-state index in [9.17, 15) is 12.8 Å². The van der Waals surface area contributed by atoms with E-state index in [4.69, 9.17) is 0 Å². The van der Waals surface area contributed by atoms with Crippen LogP contribution in [0.15, 0.2) is 52.0 Å². The lowest BCUT2D eigenvalue weighted by atomic mass is 9.87. The molecule has 0 fully saturated rings. The molecule has 2 unspecified atom stereocenters. The second-order valence-electron chi connectivity index (χ2n) is 5.10. The average Bonchev–Trinajstić information content (AvgIpc) is 2.64. The van der Waals surface area contributed by atoms with E-state index in [1.54, 1.807) is 26.0 Å². The zero-order valence-electron chi connectivity index (χ0n) is 11.6. The number of nitrogens with zero attached hydrogens (tertiary/aromatic N) is 1. The van der Waals surface area contributed by atoms with Gasteiger partial charge < -0.3 is 5.32 Å². The predicted octanol–water partition coefficient (Wildman–Crippen LogP) is 2.60. The van der Waals surface area contributed by atoms with Crippen molar-refractivity contribution in [3.63, 3.8) is 0 Å². The van der Waals surface area contributed by atoms with Crippen molar-refractivity contribution in [2.45, 2.75) is 25.5 Å². The van der Waals surface area contributed by atoms with Crippen molar-refractivity contribution in [2.24, 2.45) is 10.9 Å². The molecule has 108 valence electrons. The van der Waals surface area contributed by atoms with E-state index < -0.39 is 26.3 Å². The van der Waals surface area contributed by atoms with Crippen LogP contribution in [0.5, 0.6) is 0 Å². The molecule has 1 heterocycles. The third-order valence-electron chi connectivity index (χ3n) is 3.74. The first kappa shape index (κ1) is 14.7. The van der Waals surface area contributed by atoms with Gasteiger partial charge in [0, 0.05) is 18.3 Å². The molecule has 0 aromatic heterocycles. The Morgan fingerprint density at radius 1 is 1.45 bits per heavy atom. The maximum Gasteiger partial charge on any atom is 0.207 e. The van der Waals surface area contributed by atoms with E-state index in [0.717, 1.165) is 5.57 Å². The lowest BCUT2D eigenvalue weighted by Crippen LogP contribution is -2.45. The van der Waals surface area contributed by atoms with Gasteiger partial charge >= 0.3 is 0 Å². The SMILES string of the molecule is CC1=CC(C)C(C)(S(=O)(=O)C2=CN=CC=CN2)C(F)=C1. The summed E-state index contributed by atoms with van der Waals surface area (Å²) in [7, 11) is -3.93. The first-order valence-corrected chi connectivity index (χ1v) is 7.74. The van der Waals surface area contributed by atoms with Crippen LogP contribution >= 0.6 is 0 Å². The van der Waals surface area contributed by atoms with Gasteiger partial charge in [-0.15, -0.1) is 0 Å². The molecule has 6 heteroatoms. The molecule has 0 saturated carbocycles. The zero-order chi connectivity index (χ0) is 15.0. The molecule has 4 nitrogen and oxygen atoms in total. The van der Waals surface area contributed by atoms with E-state index in [1.807, 2.05) is 0 Å². The molecule has 0 aromatic carbocycles. The molecular formula is C14H17FN2O2S. The van der Waals surface area contributed by atoms with Gasteiger partial charge in [-0.05, 0) is 26.0 Å². The summed E-state index contributed by atoms with van der Waals surface area (Å²) in [4.78, 5) is 3.84. The van der Waals surface area contributed by atoms with Gasteiger partial charge in [0.15, 0.2) is 5.03 Å². The summed E-state index contributed by atoms with van der Waals surface area (Å²) in [5, 5.41) is 2.55. The lowest BCUT2D eigenvalue weighted by Gasteiger charge is -2.35. The van der Waals surface area contributed by atoms with Crippen LogP contribution in [0.25, 0.3) is 0 Å². The minimum atomic E-state index is -3.93. The van der Waals surface area contributed by atoms with Crippen molar-refractivity contribution >= 4 is 16.1 Å². The number of hydrogen-bond acceptors (Lipinski definition) is 4. The van der Waals surface area contributed by atoms with Gasteiger partial charge in [0.05, 0.1) is 6.20 Å². The first-order valence-electron chi connectivity index (χ1n) is 6.26. The normalized spacial score (nSPS) is 30.0. The third kappa shape index (κ3) is 2.14. The molecule has 1 aliphatic carbocycles. The zero-order valence-corrected chi connectivity index (χ0v) is 12.4. The van der Waals surface area contributed by atoms with Crippen molar-refractivity contribution in [3.8, 4) is 0 Å². The number of nitrogens with one attached hydrogen (secondary N) is 1. The van der Waals surface area contributed by atoms with E-state index in [0.29, 0.717) is 0 Å². The molecule has 0 amide bonds. The summed E-state index contributed by atoms with van der Waals surface area (Å²) in [5.41, 5.74) is 0.725. The van der Waals surface area contributed by atoms with Gasteiger partial charge in [-0.2, -0.15) is 0 Å². The van der Waals surface area contributed by atoms with Crippen molar-refractivity contribution in [2.75, 3.05) is 0 Å². The topological polar surface area (TPSA) is 58.5 Å². The van der Waals surface area contributed by atoms with E-state index in [-0.39, 0.29) is 5.03 Å². The standard InChI is InChI=1S/C14H17FN2O2S/c1-10-7-11(2)14(3,12(15)8-10)20(18,19)13-9-16-5-4-6-17-13/h4-9,11,17H,1-3H3. The Kier molecular flexibility index (Phi) is 3.69. The molecule has 1 N–H and O–H groups in total. The Morgan fingerprint density at radius 2 is 2.15 bits per heavy atom. The molecule has 0 spiro atoms. The highest BCUT2D eigenvalue weighted by atomic mass is 32.2. The van der Waals surface area contributed by atoms with Crippen LogP contribution in [0.1, 0.15) is 20.8 Å². The fourth-order valence-corrected chi connectivity index (χ4v) is 4.03. The smallest absolute Gasteiger partial charge is 0.207 e. The molecule has 2 aliphatic rings. The second-order valence-corrected chi connectivity index (χ2v) is 7.39. The van der Waals surface area contributed by atoms with Gasteiger partial charge in [-0.1, -0.05) is 18.6 Å². The molecular weight excluding hydrogens is 279 g/mol. The summed E-state index contributed by atoms with van der Waals surface area (Å²) in [6.07, 6.45) is 8.72. The number of hydrogen-bond donors (Lipinski definition) is 1. The van der Waals surface area contributed by atoms with Gasteiger partial charge in [0.1, 0.15) is 10.6 Å². The number of rotatable bonds is 2. The summed E-state index contributed by atoms with van der Waals surface area (Å²) in [6.45, 7) is 4.85. The largest absolute Gasteiger partial charge is 0.351 e. The average molecular weight is 296 g/mol. The molecule has 2 rings (SSSR count). The predicted molar refractivity (Wildman–Crippen MR) is 78.3 cm³/mol. The fourth-order valence-electron chi connectivity index (χ4n) is 2.28. The minimum absolute atomic E-state index is 0.103. The molecule has 0 radical (unpaired) electrons. The summed E-state index contributed by atoms with van der Waals surface area (Å²) < 4.78 is 38.4. The number of halogens is 1. The van der Waals surface area contributed by atoms with Crippen molar-refractivity contribution in [1.82, 2.24) is 5.32 Å². The third-order valence-corrected chi connectivity index (χ3v) is 6.23.